The molecule has 0 unspecified atom stereocenters. The van der Waals surface area contributed by atoms with Crippen LogP contribution in [0.5, 0.6) is 0 Å². The lowest BCUT2D eigenvalue weighted by Crippen LogP contribution is -2.06. The van der Waals surface area contributed by atoms with Gasteiger partial charge in [0.05, 0.1) is 0 Å². The first kappa shape index (κ1) is 15.8. The third-order valence-electron chi connectivity index (χ3n) is 4.17. The molecule has 0 heterocycles. The van der Waals surface area contributed by atoms with Gasteiger partial charge in [0.15, 0.2) is 11.6 Å². The van der Waals surface area contributed by atoms with Crippen LogP contribution in [0.4, 0.5) is 17.6 Å². The van der Waals surface area contributed by atoms with Crippen molar-refractivity contribution in [2.45, 2.75) is 32.6 Å². The van der Waals surface area contributed by atoms with Crippen LogP contribution in [0.1, 0.15) is 42.0 Å². The van der Waals surface area contributed by atoms with Gasteiger partial charge >= 0.3 is 0 Å². The molecule has 0 bridgehead atoms. The first-order chi connectivity index (χ1) is 11.0. The quantitative estimate of drug-likeness (QED) is 0.638. The van der Waals surface area contributed by atoms with E-state index in [4.69, 9.17) is 0 Å². The van der Waals surface area contributed by atoms with Crippen LogP contribution in [0, 0.1) is 23.3 Å². The highest BCUT2D eigenvalue weighted by Gasteiger charge is 2.22. The van der Waals surface area contributed by atoms with Gasteiger partial charge in [0, 0.05) is 5.56 Å². The molecule has 1 aliphatic carbocycles. The van der Waals surface area contributed by atoms with E-state index < -0.39 is 23.3 Å². The lowest BCUT2D eigenvalue weighted by Gasteiger charge is -2.19. The van der Waals surface area contributed by atoms with Crippen LogP contribution in [0.2, 0.25) is 0 Å². The SMILES string of the molecule is CCCc1cc(F)c(C2=Cc3ccc(F)c(F)c3CC2)c(F)c1. The molecule has 0 aliphatic heterocycles. The highest BCUT2D eigenvalue weighted by molar-refractivity contribution is 5.85. The van der Waals surface area contributed by atoms with Gasteiger partial charge in [0.1, 0.15) is 11.6 Å². The fourth-order valence-electron chi connectivity index (χ4n) is 3.08. The summed E-state index contributed by atoms with van der Waals surface area (Å²) in [4.78, 5) is 0. The van der Waals surface area contributed by atoms with Crippen LogP contribution in [0.15, 0.2) is 24.3 Å². The second-order valence-corrected chi connectivity index (χ2v) is 5.78. The van der Waals surface area contributed by atoms with Crippen LogP contribution < -0.4 is 0 Å². The standard InChI is InChI=1S/C19H16F4/c1-2-3-11-8-16(21)18(17(22)9-11)13-4-6-14-12(10-13)5-7-15(20)19(14)23/h5,7-10H,2-4,6H2,1H3. The van der Waals surface area contributed by atoms with Crippen LogP contribution in [0.3, 0.4) is 0 Å². The molecule has 120 valence electrons. The summed E-state index contributed by atoms with van der Waals surface area (Å²) in [5, 5.41) is 0. The predicted molar refractivity (Wildman–Crippen MR) is 82.9 cm³/mol. The van der Waals surface area contributed by atoms with Gasteiger partial charge in [0.25, 0.3) is 0 Å². The zero-order valence-corrected chi connectivity index (χ0v) is 12.7. The molecule has 2 aromatic carbocycles. The molecule has 0 saturated heterocycles. The molecule has 0 N–H and O–H groups in total. The zero-order valence-electron chi connectivity index (χ0n) is 12.7. The van der Waals surface area contributed by atoms with Gasteiger partial charge in [-0.05, 0) is 59.7 Å². The minimum atomic E-state index is -0.901. The number of benzene rings is 2. The van der Waals surface area contributed by atoms with Crippen molar-refractivity contribution in [3.8, 4) is 0 Å². The Morgan fingerprint density at radius 3 is 2.26 bits per heavy atom. The average molecular weight is 320 g/mol. The van der Waals surface area contributed by atoms with Gasteiger partial charge in [-0.25, -0.2) is 17.6 Å². The third-order valence-corrected chi connectivity index (χ3v) is 4.17. The predicted octanol–water partition coefficient (Wildman–Crippen LogP) is 5.68. The first-order valence-electron chi connectivity index (χ1n) is 7.67. The van der Waals surface area contributed by atoms with Gasteiger partial charge in [-0.1, -0.05) is 25.5 Å². The largest absolute Gasteiger partial charge is 0.206 e. The van der Waals surface area contributed by atoms with E-state index in [9.17, 15) is 17.6 Å². The van der Waals surface area contributed by atoms with Crippen molar-refractivity contribution in [2.75, 3.05) is 0 Å². The lowest BCUT2D eigenvalue weighted by molar-refractivity contribution is 0.498. The molecule has 23 heavy (non-hydrogen) atoms. The summed E-state index contributed by atoms with van der Waals surface area (Å²) >= 11 is 0. The summed E-state index contributed by atoms with van der Waals surface area (Å²) in [7, 11) is 0. The van der Waals surface area contributed by atoms with Crippen molar-refractivity contribution >= 4 is 11.6 Å². The highest BCUT2D eigenvalue weighted by Crippen LogP contribution is 2.35. The highest BCUT2D eigenvalue weighted by atomic mass is 19.2. The van der Waals surface area contributed by atoms with Crippen LogP contribution >= 0.6 is 0 Å². The van der Waals surface area contributed by atoms with E-state index in [0.717, 1.165) is 12.5 Å². The average Bonchev–Trinajstić information content (AvgIpc) is 2.51. The van der Waals surface area contributed by atoms with E-state index in [2.05, 4.69) is 0 Å². The van der Waals surface area contributed by atoms with Gasteiger partial charge in [-0.2, -0.15) is 0 Å². The molecule has 1 aliphatic rings. The monoisotopic (exact) mass is 320 g/mol. The summed E-state index contributed by atoms with van der Waals surface area (Å²) in [5.74, 6) is -2.99. The molecule has 0 spiro atoms. The Morgan fingerprint density at radius 2 is 1.61 bits per heavy atom. The second-order valence-electron chi connectivity index (χ2n) is 5.78. The smallest absolute Gasteiger partial charge is 0.162 e. The third kappa shape index (κ3) is 2.90. The normalized spacial score (nSPS) is 13.7. The molecule has 2 aromatic rings. The number of hydrogen-bond acceptors (Lipinski definition) is 0. The molecule has 0 fully saturated rings. The number of rotatable bonds is 3. The maximum Gasteiger partial charge on any atom is 0.162 e. The second kappa shape index (κ2) is 6.19. The van der Waals surface area contributed by atoms with Gasteiger partial charge in [-0.15, -0.1) is 0 Å². The van der Waals surface area contributed by atoms with Crippen molar-refractivity contribution in [3.05, 3.63) is 69.8 Å². The number of hydrogen-bond donors (Lipinski definition) is 0. The maximum atomic E-state index is 14.3. The van der Waals surface area contributed by atoms with Gasteiger partial charge in [-0.3, -0.25) is 0 Å². The fraction of sp³-hybridized carbons (Fsp3) is 0.263. The summed E-state index contributed by atoms with van der Waals surface area (Å²) in [6.45, 7) is 1.94. The molecule has 0 saturated carbocycles. The number of fused-ring (bicyclic) bond motifs is 1. The molecule has 0 atom stereocenters. The number of aryl methyl sites for hydroxylation is 1. The van der Waals surface area contributed by atoms with Crippen molar-refractivity contribution in [1.29, 1.82) is 0 Å². The molecule has 0 aromatic heterocycles. The minimum Gasteiger partial charge on any atom is -0.206 e. The minimum absolute atomic E-state index is 0.0692. The van der Waals surface area contributed by atoms with E-state index in [0.29, 0.717) is 23.1 Å². The van der Waals surface area contributed by atoms with Crippen LogP contribution in [-0.2, 0) is 12.8 Å². The Labute approximate surface area is 132 Å². The van der Waals surface area contributed by atoms with Crippen LogP contribution in [0.25, 0.3) is 11.6 Å². The molecule has 0 amide bonds. The maximum absolute atomic E-state index is 14.3. The molecular formula is C19H16F4. The van der Waals surface area contributed by atoms with Crippen LogP contribution in [-0.4, -0.2) is 0 Å². The van der Waals surface area contributed by atoms with Crippen molar-refractivity contribution in [3.63, 3.8) is 0 Å². The van der Waals surface area contributed by atoms with E-state index in [-0.39, 0.29) is 24.0 Å². The van der Waals surface area contributed by atoms with Crippen molar-refractivity contribution in [2.24, 2.45) is 0 Å². The first-order valence-corrected chi connectivity index (χ1v) is 7.67. The molecule has 4 heteroatoms. The Hall–Kier alpha value is -2.10. The summed E-state index contributed by atoms with van der Waals surface area (Å²) < 4.78 is 55.7. The van der Waals surface area contributed by atoms with E-state index in [1.54, 1.807) is 6.08 Å². The van der Waals surface area contributed by atoms with Crippen molar-refractivity contribution < 1.29 is 17.6 Å². The topological polar surface area (TPSA) is 0 Å². The number of allylic oxidation sites excluding steroid dienone is 1. The molecule has 0 nitrogen and oxygen atoms in total. The molecule has 0 radical (unpaired) electrons. The Bertz CT molecular complexity index is 767. The Balaban J connectivity index is 2.06. The summed E-state index contributed by atoms with van der Waals surface area (Å²) in [6, 6.07) is 5.17. The van der Waals surface area contributed by atoms with E-state index in [1.165, 1.54) is 18.2 Å². The number of halogens is 4. The Morgan fingerprint density at radius 1 is 0.913 bits per heavy atom. The van der Waals surface area contributed by atoms with Gasteiger partial charge in [0.2, 0.25) is 0 Å². The zero-order chi connectivity index (χ0) is 16.6. The molecular weight excluding hydrogens is 304 g/mol. The summed E-state index contributed by atoms with van der Waals surface area (Å²) in [5.41, 5.74) is 1.76. The van der Waals surface area contributed by atoms with E-state index in [1.807, 2.05) is 6.92 Å². The summed E-state index contributed by atoms with van der Waals surface area (Å²) in [6.07, 6.45) is 3.46. The fourth-order valence-corrected chi connectivity index (χ4v) is 3.08. The van der Waals surface area contributed by atoms with Crippen molar-refractivity contribution in [1.82, 2.24) is 0 Å². The van der Waals surface area contributed by atoms with Gasteiger partial charge < -0.3 is 0 Å². The van der Waals surface area contributed by atoms with E-state index >= 15 is 0 Å². The Kier molecular flexibility index (Phi) is 4.24. The molecule has 3 rings (SSSR count). The lowest BCUT2D eigenvalue weighted by atomic mass is 9.87.